The summed E-state index contributed by atoms with van der Waals surface area (Å²) in [7, 11) is 1.76. The molecule has 5 nitrogen and oxygen atoms in total. The van der Waals surface area contributed by atoms with Crippen LogP contribution in [-0.2, 0) is 11.3 Å². The number of hydrogen-bond acceptors (Lipinski definition) is 3. The second-order valence-electron chi connectivity index (χ2n) is 3.63. The normalized spacial score (nSPS) is 11.4. The van der Waals surface area contributed by atoms with Crippen LogP contribution < -0.4 is 10.6 Å². The van der Waals surface area contributed by atoms with E-state index < -0.39 is 5.54 Å². The number of aromatic amines is 1. The molecule has 5 heteroatoms. The van der Waals surface area contributed by atoms with Gasteiger partial charge in [0.15, 0.2) is 0 Å². The van der Waals surface area contributed by atoms with Crippen molar-refractivity contribution in [3.63, 3.8) is 0 Å². The van der Waals surface area contributed by atoms with E-state index >= 15 is 0 Å². The zero-order valence-electron chi connectivity index (χ0n) is 8.72. The van der Waals surface area contributed by atoms with Gasteiger partial charge in [0.05, 0.1) is 24.1 Å². The number of imidazole rings is 1. The average Bonchev–Trinajstić information content (AvgIpc) is 2.66. The fraction of sp³-hybridized carbons (Fsp3) is 0.556. The molecular weight excluding hydrogens is 180 g/mol. The number of rotatable bonds is 4. The molecule has 1 aromatic heterocycles. The first-order valence-electron chi connectivity index (χ1n) is 4.50. The highest BCUT2D eigenvalue weighted by Gasteiger charge is 2.24. The standard InChI is InChI=1S/C9H16N4O/c1-9(2,10-3)8(14)12-5-7-4-11-6-13-7/h4,6,10H,5H2,1-3H3,(H,11,13)(H,12,14). The molecule has 0 aromatic carbocycles. The van der Waals surface area contributed by atoms with E-state index in [1.807, 2.05) is 13.8 Å². The number of hydrogen-bond donors (Lipinski definition) is 3. The summed E-state index contributed by atoms with van der Waals surface area (Å²) in [5.41, 5.74) is 0.352. The molecule has 1 amide bonds. The van der Waals surface area contributed by atoms with Gasteiger partial charge in [-0.3, -0.25) is 4.79 Å². The van der Waals surface area contributed by atoms with Crippen molar-refractivity contribution in [2.75, 3.05) is 7.05 Å². The molecule has 0 bridgehead atoms. The maximum absolute atomic E-state index is 11.6. The second kappa shape index (κ2) is 4.23. The Morgan fingerprint density at radius 2 is 2.36 bits per heavy atom. The molecule has 0 unspecified atom stereocenters. The lowest BCUT2D eigenvalue weighted by molar-refractivity contribution is -0.126. The van der Waals surface area contributed by atoms with Gasteiger partial charge in [-0.25, -0.2) is 4.98 Å². The van der Waals surface area contributed by atoms with Gasteiger partial charge in [-0.05, 0) is 20.9 Å². The highest BCUT2D eigenvalue weighted by molar-refractivity contribution is 5.85. The second-order valence-corrected chi connectivity index (χ2v) is 3.63. The van der Waals surface area contributed by atoms with E-state index in [0.717, 1.165) is 5.69 Å². The molecule has 14 heavy (non-hydrogen) atoms. The van der Waals surface area contributed by atoms with Crippen molar-refractivity contribution >= 4 is 5.91 Å². The molecule has 0 aliphatic carbocycles. The Balaban J connectivity index is 2.43. The molecule has 0 spiro atoms. The monoisotopic (exact) mass is 196 g/mol. The number of H-pyrrole nitrogens is 1. The molecule has 78 valence electrons. The van der Waals surface area contributed by atoms with Crippen LogP contribution in [0.5, 0.6) is 0 Å². The van der Waals surface area contributed by atoms with Crippen LogP contribution in [-0.4, -0.2) is 28.5 Å². The molecular formula is C9H16N4O. The van der Waals surface area contributed by atoms with Crippen LogP contribution in [0, 0.1) is 0 Å². The van der Waals surface area contributed by atoms with Crippen LogP contribution in [0.4, 0.5) is 0 Å². The first-order valence-corrected chi connectivity index (χ1v) is 4.50. The van der Waals surface area contributed by atoms with Crippen molar-refractivity contribution < 1.29 is 4.79 Å². The summed E-state index contributed by atoms with van der Waals surface area (Å²) in [5.74, 6) is -0.0328. The first-order chi connectivity index (χ1) is 6.56. The molecule has 0 saturated carbocycles. The maximum atomic E-state index is 11.6. The molecule has 1 aromatic rings. The van der Waals surface area contributed by atoms with Crippen molar-refractivity contribution in [3.8, 4) is 0 Å². The summed E-state index contributed by atoms with van der Waals surface area (Å²) in [6.07, 6.45) is 3.28. The molecule has 0 saturated heterocycles. The van der Waals surface area contributed by atoms with Gasteiger partial charge in [0.25, 0.3) is 0 Å². The third-order valence-corrected chi connectivity index (χ3v) is 2.19. The number of carbonyl (C=O) groups is 1. The highest BCUT2D eigenvalue weighted by atomic mass is 16.2. The van der Waals surface area contributed by atoms with Crippen molar-refractivity contribution in [2.45, 2.75) is 25.9 Å². The SMILES string of the molecule is CNC(C)(C)C(=O)NCc1cnc[nH]1. The third kappa shape index (κ3) is 2.56. The van der Waals surface area contributed by atoms with Gasteiger partial charge in [0.2, 0.25) is 5.91 Å². The Morgan fingerprint density at radius 1 is 1.64 bits per heavy atom. The molecule has 1 heterocycles. The lowest BCUT2D eigenvalue weighted by Crippen LogP contribution is -2.50. The van der Waals surface area contributed by atoms with E-state index in [2.05, 4.69) is 20.6 Å². The Hall–Kier alpha value is -1.36. The predicted octanol–water partition coefficient (Wildman–Crippen LogP) is 0.0239. The number of amides is 1. The van der Waals surface area contributed by atoms with Crippen LogP contribution in [0.15, 0.2) is 12.5 Å². The number of carbonyl (C=O) groups excluding carboxylic acids is 1. The fourth-order valence-corrected chi connectivity index (χ4v) is 0.891. The minimum absolute atomic E-state index is 0.0328. The molecule has 3 N–H and O–H groups in total. The lowest BCUT2D eigenvalue weighted by atomic mass is 10.1. The highest BCUT2D eigenvalue weighted by Crippen LogP contribution is 2.01. The predicted molar refractivity (Wildman–Crippen MR) is 53.6 cm³/mol. The maximum Gasteiger partial charge on any atom is 0.240 e. The van der Waals surface area contributed by atoms with Crippen molar-refractivity contribution in [3.05, 3.63) is 18.2 Å². The van der Waals surface area contributed by atoms with E-state index in [9.17, 15) is 4.79 Å². The summed E-state index contributed by atoms with van der Waals surface area (Å²) in [4.78, 5) is 18.4. The van der Waals surface area contributed by atoms with Crippen LogP contribution in [0.25, 0.3) is 0 Å². The molecule has 0 aliphatic rings. The van der Waals surface area contributed by atoms with Crippen LogP contribution in [0.1, 0.15) is 19.5 Å². The first kappa shape index (κ1) is 10.7. The van der Waals surface area contributed by atoms with E-state index in [0.29, 0.717) is 6.54 Å². The van der Waals surface area contributed by atoms with E-state index in [1.54, 1.807) is 19.6 Å². The van der Waals surface area contributed by atoms with Gasteiger partial charge in [0, 0.05) is 6.20 Å². The summed E-state index contributed by atoms with van der Waals surface area (Å²) in [6.45, 7) is 4.13. The zero-order valence-corrected chi connectivity index (χ0v) is 8.72. The van der Waals surface area contributed by atoms with Crippen molar-refractivity contribution in [2.24, 2.45) is 0 Å². The number of nitrogens with one attached hydrogen (secondary N) is 3. The number of aromatic nitrogens is 2. The molecule has 0 fully saturated rings. The summed E-state index contributed by atoms with van der Waals surface area (Å²) >= 11 is 0. The van der Waals surface area contributed by atoms with Crippen molar-refractivity contribution in [1.82, 2.24) is 20.6 Å². The molecule has 1 rings (SSSR count). The Labute approximate surface area is 83.3 Å². The van der Waals surface area contributed by atoms with Crippen molar-refractivity contribution in [1.29, 1.82) is 0 Å². The topological polar surface area (TPSA) is 69.8 Å². The summed E-state index contributed by atoms with van der Waals surface area (Å²) in [5, 5.41) is 5.74. The van der Waals surface area contributed by atoms with Crippen LogP contribution >= 0.6 is 0 Å². The van der Waals surface area contributed by atoms with Gasteiger partial charge in [-0.1, -0.05) is 0 Å². The van der Waals surface area contributed by atoms with E-state index in [-0.39, 0.29) is 5.91 Å². The fourth-order valence-electron chi connectivity index (χ4n) is 0.891. The third-order valence-electron chi connectivity index (χ3n) is 2.19. The van der Waals surface area contributed by atoms with E-state index in [1.165, 1.54) is 0 Å². The minimum atomic E-state index is -0.542. The largest absolute Gasteiger partial charge is 0.349 e. The average molecular weight is 196 g/mol. The zero-order chi connectivity index (χ0) is 10.6. The smallest absolute Gasteiger partial charge is 0.240 e. The molecule has 0 radical (unpaired) electrons. The van der Waals surface area contributed by atoms with Gasteiger partial charge >= 0.3 is 0 Å². The Bertz CT molecular complexity index is 292. The van der Waals surface area contributed by atoms with Crippen LogP contribution in [0.2, 0.25) is 0 Å². The summed E-state index contributed by atoms with van der Waals surface area (Å²) in [6, 6.07) is 0. The van der Waals surface area contributed by atoms with Gasteiger partial charge in [-0.15, -0.1) is 0 Å². The summed E-state index contributed by atoms with van der Waals surface area (Å²) < 4.78 is 0. The number of nitrogens with zero attached hydrogens (tertiary/aromatic N) is 1. The van der Waals surface area contributed by atoms with Gasteiger partial charge in [0.1, 0.15) is 0 Å². The Kier molecular flexibility index (Phi) is 3.24. The Morgan fingerprint density at radius 3 is 2.86 bits per heavy atom. The quantitative estimate of drug-likeness (QED) is 0.636. The number of likely N-dealkylation sites (N-methyl/N-ethyl adjacent to an activating group) is 1. The van der Waals surface area contributed by atoms with Gasteiger partial charge in [-0.2, -0.15) is 0 Å². The molecule has 0 atom stereocenters. The lowest BCUT2D eigenvalue weighted by Gasteiger charge is -2.22. The molecule has 0 aliphatic heterocycles. The minimum Gasteiger partial charge on any atom is -0.349 e. The van der Waals surface area contributed by atoms with Gasteiger partial charge < -0.3 is 15.6 Å². The van der Waals surface area contributed by atoms with E-state index in [4.69, 9.17) is 0 Å². The van der Waals surface area contributed by atoms with Crippen LogP contribution in [0.3, 0.4) is 0 Å².